The molecule has 7 heteroatoms. The second-order valence-corrected chi connectivity index (χ2v) is 7.96. The minimum absolute atomic E-state index is 0.388. The lowest BCUT2D eigenvalue weighted by Crippen LogP contribution is -2.46. The molecular weight excluding hydrogens is 336 g/mol. The van der Waals surface area contributed by atoms with Crippen LogP contribution in [0.3, 0.4) is 0 Å². The van der Waals surface area contributed by atoms with Crippen molar-refractivity contribution in [3.05, 3.63) is 34.0 Å². The van der Waals surface area contributed by atoms with Crippen LogP contribution in [-0.4, -0.2) is 52.1 Å². The molecule has 4 rings (SSSR count). The average Bonchev–Trinajstić information content (AvgIpc) is 3.28. The van der Waals surface area contributed by atoms with E-state index in [-0.39, 0.29) is 0 Å². The molecule has 136 valence electrons. The third-order valence-electron chi connectivity index (χ3n) is 5.13. The second-order valence-electron chi connectivity index (χ2n) is 6.89. The Morgan fingerprint density at radius 3 is 3.04 bits per heavy atom. The molecule has 2 aromatic heterocycles. The molecule has 2 aliphatic rings. The molecule has 4 heterocycles. The SMILES string of the molecule is Cc1nc(COCC[C@@H]2CN(C3CCOCC3)Cc3ccnn32)cs1. The van der Waals surface area contributed by atoms with E-state index in [0.29, 0.717) is 18.7 Å². The van der Waals surface area contributed by atoms with Gasteiger partial charge in [-0.2, -0.15) is 5.10 Å². The zero-order chi connectivity index (χ0) is 17.1. The van der Waals surface area contributed by atoms with Gasteiger partial charge in [0, 0.05) is 50.5 Å². The van der Waals surface area contributed by atoms with Crippen LogP contribution in [0.2, 0.25) is 0 Å². The average molecular weight is 362 g/mol. The summed E-state index contributed by atoms with van der Waals surface area (Å²) in [5, 5.41) is 7.73. The highest BCUT2D eigenvalue weighted by Gasteiger charge is 2.30. The maximum absolute atomic E-state index is 5.87. The Hall–Kier alpha value is -1.28. The first kappa shape index (κ1) is 17.1. The molecule has 25 heavy (non-hydrogen) atoms. The van der Waals surface area contributed by atoms with Crippen LogP contribution in [0, 0.1) is 6.92 Å². The van der Waals surface area contributed by atoms with E-state index >= 15 is 0 Å². The van der Waals surface area contributed by atoms with Crippen molar-refractivity contribution >= 4 is 11.3 Å². The first-order chi connectivity index (χ1) is 12.3. The van der Waals surface area contributed by atoms with Gasteiger partial charge in [-0.05, 0) is 32.3 Å². The van der Waals surface area contributed by atoms with E-state index in [4.69, 9.17) is 9.47 Å². The standard InChI is InChI=1S/C18H26N4O2S/c1-14-20-15(13-25-14)12-24-9-5-18-11-21(16-3-7-23-8-4-16)10-17-2-6-19-22(17)18/h2,6,13,16,18H,3-5,7-12H2,1H3/t18-/m1/s1. The van der Waals surface area contributed by atoms with Crippen LogP contribution in [0.15, 0.2) is 17.6 Å². The monoisotopic (exact) mass is 362 g/mol. The van der Waals surface area contributed by atoms with Gasteiger partial charge in [0.05, 0.1) is 29.0 Å². The molecule has 1 saturated heterocycles. The number of rotatable bonds is 6. The molecule has 0 spiro atoms. The lowest BCUT2D eigenvalue weighted by Gasteiger charge is -2.40. The molecule has 0 aliphatic carbocycles. The van der Waals surface area contributed by atoms with Crippen LogP contribution in [0.5, 0.6) is 0 Å². The van der Waals surface area contributed by atoms with E-state index in [2.05, 4.69) is 31.1 Å². The van der Waals surface area contributed by atoms with Gasteiger partial charge < -0.3 is 9.47 Å². The molecule has 1 atom stereocenters. The molecule has 0 N–H and O–H groups in total. The molecule has 6 nitrogen and oxygen atoms in total. The molecular formula is C18H26N4O2S. The Labute approximate surface area is 152 Å². The van der Waals surface area contributed by atoms with Gasteiger partial charge in [-0.25, -0.2) is 4.98 Å². The lowest BCUT2D eigenvalue weighted by atomic mass is 10.0. The van der Waals surface area contributed by atoms with Gasteiger partial charge in [0.2, 0.25) is 0 Å². The topological polar surface area (TPSA) is 52.4 Å². The van der Waals surface area contributed by atoms with Crippen LogP contribution in [0.4, 0.5) is 0 Å². The van der Waals surface area contributed by atoms with Crippen molar-refractivity contribution < 1.29 is 9.47 Å². The Morgan fingerprint density at radius 2 is 2.24 bits per heavy atom. The van der Waals surface area contributed by atoms with Crippen LogP contribution >= 0.6 is 11.3 Å². The number of ether oxygens (including phenoxy) is 2. The van der Waals surface area contributed by atoms with E-state index in [1.807, 2.05) is 13.1 Å². The van der Waals surface area contributed by atoms with E-state index in [0.717, 1.165) is 62.9 Å². The minimum atomic E-state index is 0.388. The van der Waals surface area contributed by atoms with Crippen molar-refractivity contribution in [2.45, 2.75) is 51.4 Å². The summed E-state index contributed by atoms with van der Waals surface area (Å²) in [6.07, 6.45) is 5.19. The van der Waals surface area contributed by atoms with Gasteiger partial charge in [-0.3, -0.25) is 9.58 Å². The molecule has 0 amide bonds. The summed E-state index contributed by atoms with van der Waals surface area (Å²) >= 11 is 1.68. The van der Waals surface area contributed by atoms with Crippen LogP contribution < -0.4 is 0 Å². The lowest BCUT2D eigenvalue weighted by molar-refractivity contribution is 0.0116. The summed E-state index contributed by atoms with van der Waals surface area (Å²) in [5.74, 6) is 0. The zero-order valence-corrected chi connectivity index (χ0v) is 15.6. The van der Waals surface area contributed by atoms with Gasteiger partial charge in [0.1, 0.15) is 0 Å². The van der Waals surface area contributed by atoms with E-state index in [1.165, 1.54) is 5.69 Å². The van der Waals surface area contributed by atoms with Crippen LogP contribution in [0.1, 0.15) is 41.7 Å². The van der Waals surface area contributed by atoms with Crippen molar-refractivity contribution in [3.63, 3.8) is 0 Å². The number of hydrogen-bond donors (Lipinski definition) is 0. The van der Waals surface area contributed by atoms with Crippen LogP contribution in [-0.2, 0) is 22.6 Å². The van der Waals surface area contributed by atoms with Gasteiger partial charge in [-0.1, -0.05) is 0 Å². The van der Waals surface area contributed by atoms with E-state index in [9.17, 15) is 0 Å². The minimum Gasteiger partial charge on any atom is -0.381 e. The first-order valence-corrected chi connectivity index (χ1v) is 10.0. The number of fused-ring (bicyclic) bond motifs is 1. The summed E-state index contributed by atoms with van der Waals surface area (Å²) < 4.78 is 13.6. The number of nitrogens with zero attached hydrogens (tertiary/aromatic N) is 4. The number of thiazole rings is 1. The second kappa shape index (κ2) is 7.95. The summed E-state index contributed by atoms with van der Waals surface area (Å²) in [4.78, 5) is 7.07. The molecule has 0 radical (unpaired) electrons. The maximum atomic E-state index is 5.87. The Bertz CT molecular complexity index is 680. The molecule has 0 aromatic carbocycles. The van der Waals surface area contributed by atoms with Crippen molar-refractivity contribution in [1.82, 2.24) is 19.7 Å². The fourth-order valence-electron chi connectivity index (χ4n) is 3.83. The van der Waals surface area contributed by atoms with Gasteiger partial charge in [0.25, 0.3) is 0 Å². The highest BCUT2D eigenvalue weighted by atomic mass is 32.1. The Morgan fingerprint density at radius 1 is 1.36 bits per heavy atom. The van der Waals surface area contributed by atoms with Gasteiger partial charge in [-0.15, -0.1) is 11.3 Å². The Kier molecular flexibility index (Phi) is 5.45. The fraction of sp³-hybridized carbons (Fsp3) is 0.667. The summed E-state index contributed by atoms with van der Waals surface area (Å²) in [5.41, 5.74) is 2.35. The summed E-state index contributed by atoms with van der Waals surface area (Å²) in [7, 11) is 0. The highest BCUT2D eigenvalue weighted by Crippen LogP contribution is 2.27. The molecule has 2 aliphatic heterocycles. The number of aromatic nitrogens is 3. The Balaban J connectivity index is 1.33. The van der Waals surface area contributed by atoms with Crippen molar-refractivity contribution in [1.29, 1.82) is 0 Å². The van der Waals surface area contributed by atoms with Crippen molar-refractivity contribution in [2.24, 2.45) is 0 Å². The van der Waals surface area contributed by atoms with Crippen LogP contribution in [0.25, 0.3) is 0 Å². The van der Waals surface area contributed by atoms with Crippen molar-refractivity contribution in [2.75, 3.05) is 26.4 Å². The van der Waals surface area contributed by atoms with Gasteiger partial charge >= 0.3 is 0 Å². The van der Waals surface area contributed by atoms with Crippen molar-refractivity contribution in [3.8, 4) is 0 Å². The smallest absolute Gasteiger partial charge is 0.0898 e. The zero-order valence-electron chi connectivity index (χ0n) is 14.8. The van der Waals surface area contributed by atoms with E-state index < -0.39 is 0 Å². The predicted molar refractivity (Wildman–Crippen MR) is 96.6 cm³/mol. The normalized spacial score (nSPS) is 22.2. The number of aryl methyl sites for hydroxylation is 1. The number of hydrogen-bond acceptors (Lipinski definition) is 6. The maximum Gasteiger partial charge on any atom is 0.0898 e. The molecule has 2 aromatic rings. The molecule has 1 fully saturated rings. The van der Waals surface area contributed by atoms with E-state index in [1.54, 1.807) is 11.3 Å². The largest absolute Gasteiger partial charge is 0.381 e. The van der Waals surface area contributed by atoms with Gasteiger partial charge in [0.15, 0.2) is 0 Å². The molecule has 0 bridgehead atoms. The third kappa shape index (κ3) is 4.11. The summed E-state index contributed by atoms with van der Waals surface area (Å²) in [6.45, 7) is 7.20. The fourth-order valence-corrected chi connectivity index (χ4v) is 4.43. The molecule has 0 saturated carbocycles. The molecule has 0 unspecified atom stereocenters. The predicted octanol–water partition coefficient (Wildman–Crippen LogP) is 2.79. The summed E-state index contributed by atoms with van der Waals surface area (Å²) in [6, 6.07) is 3.18. The quantitative estimate of drug-likeness (QED) is 0.740. The highest BCUT2D eigenvalue weighted by molar-refractivity contribution is 7.09. The first-order valence-electron chi connectivity index (χ1n) is 9.12. The third-order valence-corrected chi connectivity index (χ3v) is 5.95.